The number of carbonyl (C=O) groups is 1. The zero-order chi connectivity index (χ0) is 14.3. The number of fused-ring (bicyclic) bond motifs is 2. The molecule has 1 aromatic heterocycles. The fraction of sp³-hybridized carbons (Fsp3) is 0.733. The van der Waals surface area contributed by atoms with Gasteiger partial charge in [-0.05, 0) is 44.1 Å². The molecular weight excluding hydrogens is 254 g/mol. The Morgan fingerprint density at radius 1 is 1.50 bits per heavy atom. The summed E-state index contributed by atoms with van der Waals surface area (Å²) in [7, 11) is 3.90. The van der Waals surface area contributed by atoms with Crippen molar-refractivity contribution in [2.75, 3.05) is 13.6 Å². The van der Waals surface area contributed by atoms with Crippen molar-refractivity contribution < 1.29 is 9.90 Å². The summed E-state index contributed by atoms with van der Waals surface area (Å²) in [5.74, 6) is 1.79. The predicted octanol–water partition coefficient (Wildman–Crippen LogP) is 1.99. The van der Waals surface area contributed by atoms with Crippen molar-refractivity contribution in [3.8, 4) is 0 Å². The van der Waals surface area contributed by atoms with E-state index < -0.39 is 5.97 Å². The minimum atomic E-state index is -0.888. The highest BCUT2D eigenvalue weighted by molar-refractivity contribution is 5.88. The molecule has 0 aliphatic heterocycles. The van der Waals surface area contributed by atoms with E-state index in [1.54, 1.807) is 4.68 Å². The Bertz CT molecular complexity index is 511. The fourth-order valence-electron chi connectivity index (χ4n) is 4.15. The maximum atomic E-state index is 11.2. The highest BCUT2D eigenvalue weighted by atomic mass is 16.4. The Balaban J connectivity index is 1.63. The second-order valence-electron chi connectivity index (χ2n) is 6.57. The van der Waals surface area contributed by atoms with Gasteiger partial charge in [-0.15, -0.1) is 0 Å². The number of aromatic nitrogens is 2. The molecule has 5 heteroatoms. The van der Waals surface area contributed by atoms with E-state index in [1.807, 2.05) is 7.05 Å². The summed E-state index contributed by atoms with van der Waals surface area (Å²) < 4.78 is 1.68. The van der Waals surface area contributed by atoms with Crippen molar-refractivity contribution in [3.63, 3.8) is 0 Å². The fourth-order valence-corrected chi connectivity index (χ4v) is 4.15. The van der Waals surface area contributed by atoms with Crippen LogP contribution in [0.4, 0.5) is 0 Å². The van der Waals surface area contributed by atoms with E-state index in [9.17, 15) is 9.90 Å². The van der Waals surface area contributed by atoms with Crippen LogP contribution in [-0.4, -0.2) is 39.3 Å². The Morgan fingerprint density at radius 3 is 2.90 bits per heavy atom. The average molecular weight is 277 g/mol. The van der Waals surface area contributed by atoms with Crippen LogP contribution in [0.1, 0.15) is 41.7 Å². The van der Waals surface area contributed by atoms with Crippen LogP contribution in [0.2, 0.25) is 0 Å². The molecule has 5 nitrogen and oxygen atoms in total. The summed E-state index contributed by atoms with van der Waals surface area (Å²) in [5.41, 5.74) is 1.12. The molecular formula is C15H23N3O2. The lowest BCUT2D eigenvalue weighted by atomic mass is 9.88. The lowest BCUT2D eigenvalue weighted by Crippen LogP contribution is -2.29. The van der Waals surface area contributed by atoms with E-state index >= 15 is 0 Å². The Kier molecular flexibility index (Phi) is 3.54. The van der Waals surface area contributed by atoms with E-state index in [4.69, 9.17) is 0 Å². The van der Waals surface area contributed by atoms with Crippen molar-refractivity contribution in [3.05, 3.63) is 17.5 Å². The number of hydrogen-bond acceptors (Lipinski definition) is 3. The highest BCUT2D eigenvalue weighted by Crippen LogP contribution is 2.48. The molecule has 2 aliphatic rings. The second-order valence-corrected chi connectivity index (χ2v) is 6.57. The molecule has 2 aliphatic carbocycles. The molecule has 3 rings (SSSR count). The third kappa shape index (κ3) is 2.46. The lowest BCUT2D eigenvalue weighted by molar-refractivity contribution is 0.0694. The van der Waals surface area contributed by atoms with Gasteiger partial charge in [0, 0.05) is 20.1 Å². The second kappa shape index (κ2) is 5.20. The van der Waals surface area contributed by atoms with Crippen molar-refractivity contribution in [2.45, 2.75) is 32.2 Å². The maximum Gasteiger partial charge on any atom is 0.339 e. The van der Waals surface area contributed by atoms with Gasteiger partial charge in [0.2, 0.25) is 0 Å². The normalized spacial score (nSPS) is 28.4. The molecule has 0 aromatic carbocycles. The molecule has 2 fully saturated rings. The molecule has 1 aromatic rings. The monoisotopic (exact) mass is 277 g/mol. The number of aryl methyl sites for hydroxylation is 1. The summed E-state index contributed by atoms with van der Waals surface area (Å²) in [6.07, 6.45) is 7.06. The molecule has 2 bridgehead atoms. The number of carboxylic acids is 1. The van der Waals surface area contributed by atoms with E-state index in [0.29, 0.717) is 12.1 Å². The van der Waals surface area contributed by atoms with E-state index in [2.05, 4.69) is 17.0 Å². The van der Waals surface area contributed by atoms with Gasteiger partial charge < -0.3 is 10.0 Å². The third-order valence-corrected chi connectivity index (χ3v) is 5.14. The SMILES string of the molecule is CN(Cc1c(C(=O)O)cnn1C)CC1CC2CCC1C2. The van der Waals surface area contributed by atoms with Gasteiger partial charge in [0.15, 0.2) is 0 Å². The predicted molar refractivity (Wildman–Crippen MR) is 75.4 cm³/mol. The first kappa shape index (κ1) is 13.6. The zero-order valence-corrected chi connectivity index (χ0v) is 12.2. The Hall–Kier alpha value is -1.36. The van der Waals surface area contributed by atoms with Crippen molar-refractivity contribution in [1.29, 1.82) is 0 Å². The molecule has 20 heavy (non-hydrogen) atoms. The summed E-state index contributed by atoms with van der Waals surface area (Å²) in [4.78, 5) is 13.5. The van der Waals surface area contributed by atoms with E-state index in [-0.39, 0.29) is 0 Å². The molecule has 0 amide bonds. The van der Waals surface area contributed by atoms with Gasteiger partial charge in [-0.1, -0.05) is 6.42 Å². The number of carboxylic acid groups (broad SMARTS) is 1. The van der Waals surface area contributed by atoms with Crippen LogP contribution >= 0.6 is 0 Å². The topological polar surface area (TPSA) is 58.4 Å². The molecule has 0 spiro atoms. The summed E-state index contributed by atoms with van der Waals surface area (Å²) in [6, 6.07) is 0. The lowest BCUT2D eigenvalue weighted by Gasteiger charge is -2.27. The zero-order valence-electron chi connectivity index (χ0n) is 12.2. The molecule has 3 unspecified atom stereocenters. The number of hydrogen-bond donors (Lipinski definition) is 1. The van der Waals surface area contributed by atoms with Gasteiger partial charge in [0.25, 0.3) is 0 Å². The minimum Gasteiger partial charge on any atom is -0.478 e. The molecule has 110 valence electrons. The quantitative estimate of drug-likeness (QED) is 0.894. The summed E-state index contributed by atoms with van der Waals surface area (Å²) in [6.45, 7) is 1.73. The van der Waals surface area contributed by atoms with Gasteiger partial charge in [-0.2, -0.15) is 5.10 Å². The minimum absolute atomic E-state index is 0.326. The first-order chi connectivity index (χ1) is 9.54. The molecule has 0 saturated heterocycles. The van der Waals surface area contributed by atoms with E-state index in [0.717, 1.165) is 30.0 Å². The summed E-state index contributed by atoms with van der Waals surface area (Å²) >= 11 is 0. The van der Waals surface area contributed by atoms with E-state index in [1.165, 1.54) is 31.9 Å². The van der Waals surface area contributed by atoms with Gasteiger partial charge >= 0.3 is 5.97 Å². The smallest absolute Gasteiger partial charge is 0.339 e. The number of nitrogens with zero attached hydrogens (tertiary/aromatic N) is 3. The van der Waals surface area contributed by atoms with Crippen molar-refractivity contribution in [1.82, 2.24) is 14.7 Å². The first-order valence-electron chi connectivity index (χ1n) is 7.47. The Morgan fingerprint density at radius 2 is 2.30 bits per heavy atom. The Labute approximate surface area is 119 Å². The van der Waals surface area contributed by atoms with Crippen molar-refractivity contribution in [2.24, 2.45) is 24.8 Å². The maximum absolute atomic E-state index is 11.2. The van der Waals surface area contributed by atoms with Crippen LogP contribution < -0.4 is 0 Å². The molecule has 3 atom stereocenters. The standard InChI is InChI=1S/C15H23N3O2/c1-17(8-12-6-10-3-4-11(12)5-10)9-14-13(15(19)20)7-16-18(14)2/h7,10-12H,3-6,8-9H2,1-2H3,(H,19,20). The average Bonchev–Trinajstić information content (AvgIpc) is 3.06. The largest absolute Gasteiger partial charge is 0.478 e. The molecule has 1 heterocycles. The van der Waals surface area contributed by atoms with Gasteiger partial charge in [-0.3, -0.25) is 4.68 Å². The van der Waals surface area contributed by atoms with Crippen molar-refractivity contribution >= 4 is 5.97 Å². The molecule has 0 radical (unpaired) electrons. The van der Waals surface area contributed by atoms with Gasteiger partial charge in [0.1, 0.15) is 5.56 Å². The van der Waals surface area contributed by atoms with Crippen LogP contribution in [0.15, 0.2) is 6.20 Å². The molecule has 2 saturated carbocycles. The van der Waals surface area contributed by atoms with Gasteiger partial charge in [0.05, 0.1) is 11.9 Å². The first-order valence-corrected chi connectivity index (χ1v) is 7.47. The van der Waals surface area contributed by atoms with Crippen LogP contribution in [0.5, 0.6) is 0 Å². The van der Waals surface area contributed by atoms with Crippen LogP contribution in [0, 0.1) is 17.8 Å². The number of aromatic carboxylic acids is 1. The van der Waals surface area contributed by atoms with Crippen LogP contribution in [-0.2, 0) is 13.6 Å². The highest BCUT2D eigenvalue weighted by Gasteiger charge is 2.39. The van der Waals surface area contributed by atoms with Gasteiger partial charge in [-0.25, -0.2) is 4.79 Å². The summed E-state index contributed by atoms with van der Waals surface area (Å²) in [5, 5.41) is 13.3. The third-order valence-electron chi connectivity index (χ3n) is 5.14. The number of rotatable bonds is 5. The van der Waals surface area contributed by atoms with Crippen LogP contribution in [0.25, 0.3) is 0 Å². The van der Waals surface area contributed by atoms with Crippen LogP contribution in [0.3, 0.4) is 0 Å². The molecule has 1 N–H and O–H groups in total.